The first-order valence-electron chi connectivity index (χ1n) is 10.3. The van der Waals surface area contributed by atoms with Crippen LogP contribution in [0.2, 0.25) is 0 Å². The number of rotatable bonds is 7. The van der Waals surface area contributed by atoms with E-state index >= 15 is 0 Å². The molecule has 0 aliphatic carbocycles. The van der Waals surface area contributed by atoms with Crippen molar-refractivity contribution in [2.24, 2.45) is 0 Å². The van der Waals surface area contributed by atoms with Gasteiger partial charge in [-0.05, 0) is 55.7 Å². The van der Waals surface area contributed by atoms with Gasteiger partial charge in [-0.2, -0.15) is 0 Å². The minimum atomic E-state index is 0.0813. The maximum absolute atomic E-state index is 13.3. The summed E-state index contributed by atoms with van der Waals surface area (Å²) in [6.07, 6.45) is 4.01. The van der Waals surface area contributed by atoms with Crippen molar-refractivity contribution < 1.29 is 4.79 Å². The van der Waals surface area contributed by atoms with Crippen LogP contribution in [0.3, 0.4) is 0 Å². The average Bonchev–Trinajstić information content (AvgIpc) is 3.23. The van der Waals surface area contributed by atoms with Gasteiger partial charge in [0.2, 0.25) is 5.91 Å². The third-order valence-corrected chi connectivity index (χ3v) is 7.36. The lowest BCUT2D eigenvalue weighted by Crippen LogP contribution is -2.30. The molecule has 1 amide bonds. The fraction of sp³-hybridized carbons (Fsp3) is 0.240. The summed E-state index contributed by atoms with van der Waals surface area (Å²) >= 11 is 3.30. The van der Waals surface area contributed by atoms with Crippen molar-refractivity contribution in [1.82, 2.24) is 9.97 Å². The van der Waals surface area contributed by atoms with Crippen LogP contribution in [0.4, 0.5) is 5.13 Å². The van der Waals surface area contributed by atoms with E-state index in [9.17, 15) is 4.79 Å². The number of amides is 1. The molecule has 4 rings (SSSR count). The number of carbonyl (C=O) groups is 1. The highest BCUT2D eigenvalue weighted by Crippen LogP contribution is 2.34. The summed E-state index contributed by atoms with van der Waals surface area (Å²) in [6, 6.07) is 16.5. The molecule has 4 nitrogen and oxygen atoms in total. The molecule has 158 valence electrons. The molecule has 0 unspecified atom stereocenters. The molecule has 0 N–H and O–H groups in total. The number of thiazole rings is 1. The van der Waals surface area contributed by atoms with E-state index in [1.54, 1.807) is 29.3 Å². The second-order valence-corrected chi connectivity index (χ2v) is 9.77. The van der Waals surface area contributed by atoms with Gasteiger partial charge in [0, 0.05) is 29.5 Å². The van der Waals surface area contributed by atoms with Crippen LogP contribution in [0.15, 0.2) is 65.8 Å². The van der Waals surface area contributed by atoms with E-state index in [0.717, 1.165) is 32.2 Å². The van der Waals surface area contributed by atoms with E-state index < -0.39 is 0 Å². The molecule has 0 aliphatic heterocycles. The Kier molecular flexibility index (Phi) is 6.68. The van der Waals surface area contributed by atoms with Gasteiger partial charge in [-0.1, -0.05) is 47.2 Å². The van der Waals surface area contributed by atoms with Gasteiger partial charge in [-0.15, -0.1) is 11.8 Å². The molecule has 0 radical (unpaired) electrons. The second kappa shape index (κ2) is 9.62. The molecular weight excluding hydrogens is 422 g/mol. The molecule has 0 bridgehead atoms. The van der Waals surface area contributed by atoms with Crippen LogP contribution in [0, 0.1) is 20.8 Å². The first-order valence-corrected chi connectivity index (χ1v) is 12.1. The SMILES string of the molecule is Cc1ccc(SCCC(=O)N(Cc2cccnc2)c2nc3c(C)ccc(C)c3s2)cc1. The number of thioether (sulfide) groups is 1. The molecular formula is C25H25N3OS2. The van der Waals surface area contributed by atoms with E-state index in [4.69, 9.17) is 4.98 Å². The van der Waals surface area contributed by atoms with Gasteiger partial charge in [0.25, 0.3) is 0 Å². The van der Waals surface area contributed by atoms with E-state index in [0.29, 0.717) is 13.0 Å². The number of anilines is 1. The predicted molar refractivity (Wildman–Crippen MR) is 131 cm³/mol. The first kappa shape index (κ1) is 21.5. The minimum Gasteiger partial charge on any atom is -0.284 e. The number of aryl methyl sites for hydroxylation is 3. The van der Waals surface area contributed by atoms with Crippen molar-refractivity contribution in [2.45, 2.75) is 38.6 Å². The minimum absolute atomic E-state index is 0.0813. The van der Waals surface area contributed by atoms with Crippen molar-refractivity contribution >= 4 is 44.4 Å². The van der Waals surface area contributed by atoms with Crippen molar-refractivity contribution in [3.05, 3.63) is 83.2 Å². The quantitative estimate of drug-likeness (QED) is 0.311. The third kappa shape index (κ3) is 5.14. The van der Waals surface area contributed by atoms with E-state index in [1.165, 1.54) is 16.0 Å². The summed E-state index contributed by atoms with van der Waals surface area (Å²) in [6.45, 7) is 6.71. The maximum atomic E-state index is 13.3. The lowest BCUT2D eigenvalue weighted by Gasteiger charge is -2.20. The van der Waals surface area contributed by atoms with E-state index in [2.05, 4.69) is 62.2 Å². The predicted octanol–water partition coefficient (Wildman–Crippen LogP) is 6.33. The van der Waals surface area contributed by atoms with Crippen LogP contribution in [0.5, 0.6) is 0 Å². The highest BCUT2D eigenvalue weighted by atomic mass is 32.2. The molecule has 2 heterocycles. The van der Waals surface area contributed by atoms with Crippen LogP contribution in [-0.4, -0.2) is 21.6 Å². The first-order chi connectivity index (χ1) is 15.0. The summed E-state index contributed by atoms with van der Waals surface area (Å²) in [5.74, 6) is 0.812. The molecule has 2 aromatic carbocycles. The van der Waals surface area contributed by atoms with Gasteiger partial charge in [-0.25, -0.2) is 4.98 Å². The van der Waals surface area contributed by atoms with Crippen LogP contribution in [0.25, 0.3) is 10.2 Å². The molecule has 0 saturated heterocycles. The Morgan fingerprint density at radius 2 is 1.81 bits per heavy atom. The summed E-state index contributed by atoms with van der Waals surface area (Å²) in [5, 5.41) is 0.751. The molecule has 4 aromatic rings. The smallest absolute Gasteiger partial charge is 0.229 e. The molecule has 0 fully saturated rings. The Morgan fingerprint density at radius 3 is 2.52 bits per heavy atom. The number of benzene rings is 2. The normalized spacial score (nSPS) is 11.1. The van der Waals surface area contributed by atoms with Crippen LogP contribution >= 0.6 is 23.1 Å². The number of aromatic nitrogens is 2. The standard InChI is InChI=1S/C25H25N3OS2/c1-17-6-10-21(11-7-17)30-14-12-22(29)28(16-20-5-4-13-26-15-20)25-27-23-18(2)8-9-19(3)24(23)31-25/h4-11,13,15H,12,14,16H2,1-3H3. The van der Waals surface area contributed by atoms with E-state index in [1.807, 2.05) is 23.2 Å². The number of pyridine rings is 1. The number of carbonyl (C=O) groups excluding carboxylic acids is 1. The van der Waals surface area contributed by atoms with Crippen LogP contribution < -0.4 is 4.90 Å². The van der Waals surface area contributed by atoms with E-state index in [-0.39, 0.29) is 5.91 Å². The van der Waals surface area contributed by atoms with Gasteiger partial charge < -0.3 is 0 Å². The van der Waals surface area contributed by atoms with Crippen molar-refractivity contribution in [1.29, 1.82) is 0 Å². The Bertz CT molecular complexity index is 1150. The fourth-order valence-electron chi connectivity index (χ4n) is 3.33. The molecule has 0 spiro atoms. The van der Waals surface area contributed by atoms with Gasteiger partial charge in [0.15, 0.2) is 5.13 Å². The maximum Gasteiger partial charge on any atom is 0.229 e. The molecule has 6 heteroatoms. The zero-order chi connectivity index (χ0) is 21.8. The van der Waals surface area contributed by atoms with Gasteiger partial charge in [-0.3, -0.25) is 14.7 Å². The Hall–Kier alpha value is -2.70. The number of fused-ring (bicyclic) bond motifs is 1. The highest BCUT2D eigenvalue weighted by Gasteiger charge is 2.21. The lowest BCUT2D eigenvalue weighted by molar-refractivity contribution is -0.118. The van der Waals surface area contributed by atoms with Crippen LogP contribution in [0.1, 0.15) is 28.7 Å². The van der Waals surface area contributed by atoms with Gasteiger partial charge in [0.1, 0.15) is 0 Å². The number of hydrogen-bond acceptors (Lipinski definition) is 5. The Morgan fingerprint density at radius 1 is 1.03 bits per heavy atom. The monoisotopic (exact) mass is 447 g/mol. The molecule has 0 aliphatic rings. The molecule has 0 saturated carbocycles. The number of hydrogen-bond donors (Lipinski definition) is 0. The zero-order valence-corrected chi connectivity index (χ0v) is 19.6. The summed E-state index contributed by atoms with van der Waals surface area (Å²) in [4.78, 5) is 25.4. The van der Waals surface area contributed by atoms with Gasteiger partial charge >= 0.3 is 0 Å². The summed E-state index contributed by atoms with van der Waals surface area (Å²) < 4.78 is 1.15. The van der Waals surface area contributed by atoms with Crippen LogP contribution in [-0.2, 0) is 11.3 Å². The average molecular weight is 448 g/mol. The molecule has 0 atom stereocenters. The van der Waals surface area contributed by atoms with Crippen molar-refractivity contribution in [2.75, 3.05) is 10.7 Å². The number of nitrogens with zero attached hydrogens (tertiary/aromatic N) is 3. The fourth-order valence-corrected chi connectivity index (χ4v) is 5.30. The lowest BCUT2D eigenvalue weighted by atomic mass is 10.1. The Balaban J connectivity index is 1.56. The zero-order valence-electron chi connectivity index (χ0n) is 18.0. The largest absolute Gasteiger partial charge is 0.284 e. The summed E-state index contributed by atoms with van der Waals surface area (Å²) in [7, 11) is 0. The summed E-state index contributed by atoms with van der Waals surface area (Å²) in [5.41, 5.74) is 5.54. The topological polar surface area (TPSA) is 46.1 Å². The van der Waals surface area contributed by atoms with Crippen molar-refractivity contribution in [3.8, 4) is 0 Å². The van der Waals surface area contributed by atoms with Gasteiger partial charge in [0.05, 0.1) is 16.8 Å². The third-order valence-electron chi connectivity index (χ3n) is 5.13. The van der Waals surface area contributed by atoms with Crippen molar-refractivity contribution in [3.63, 3.8) is 0 Å². The second-order valence-electron chi connectivity index (χ2n) is 7.63. The molecule has 31 heavy (non-hydrogen) atoms. The highest BCUT2D eigenvalue weighted by molar-refractivity contribution is 7.99. The molecule has 2 aromatic heterocycles. The Labute approximate surface area is 191 Å².